The first-order valence-corrected chi connectivity index (χ1v) is 27.3. The maximum absolute atomic E-state index is 8.49. The van der Waals surface area contributed by atoms with Crippen LogP contribution in [0.15, 0.2) is 146 Å². The minimum atomic E-state index is -4.94. The molecule has 0 radical (unpaired) electrons. The summed E-state index contributed by atoms with van der Waals surface area (Å²) in [6, 6.07) is 52.6. The normalized spacial score (nSPS) is 11.1. The molecule has 0 atom stereocenters. The maximum Gasteiger partial charge on any atom is 1.00 e. The van der Waals surface area contributed by atoms with Crippen molar-refractivity contribution in [2.45, 2.75) is 73.1 Å². The van der Waals surface area contributed by atoms with Crippen LogP contribution in [0.1, 0.15) is 65.3 Å². The van der Waals surface area contributed by atoms with Gasteiger partial charge in [0.05, 0.1) is 50.2 Å². The van der Waals surface area contributed by atoms with Crippen molar-refractivity contribution in [1.29, 1.82) is 5.26 Å². The summed E-state index contributed by atoms with van der Waals surface area (Å²) in [4.78, 5) is 39.0. The monoisotopic (exact) mass is 1220 g/mol. The van der Waals surface area contributed by atoms with Gasteiger partial charge in [0.2, 0.25) is 0 Å². The van der Waals surface area contributed by atoms with E-state index in [1.54, 1.807) is 6.07 Å². The molecule has 4 aromatic carbocycles. The third-order valence-corrected chi connectivity index (χ3v) is 12.6. The summed E-state index contributed by atoms with van der Waals surface area (Å²) in [5.74, 6) is 0. The van der Waals surface area contributed by atoms with Crippen molar-refractivity contribution in [3.8, 4) is 6.07 Å². The quantitative estimate of drug-likeness (QED) is 0.151. The summed E-state index contributed by atoms with van der Waals surface area (Å²) in [6.07, 6.45) is 5.61. The molecule has 420 valence electrons. The molecule has 8 heterocycles. The molecule has 0 aliphatic rings. The molecule has 0 spiro atoms. The van der Waals surface area contributed by atoms with Gasteiger partial charge in [-0.05, 0) is 115 Å². The van der Waals surface area contributed by atoms with E-state index in [1.165, 1.54) is 6.92 Å². The fourth-order valence-corrected chi connectivity index (χ4v) is 9.08. The number of benzene rings is 4. The van der Waals surface area contributed by atoms with Crippen LogP contribution in [-0.4, -0.2) is 39.9 Å². The number of pyridine rings is 8. The molecule has 0 saturated heterocycles. The summed E-state index contributed by atoms with van der Waals surface area (Å²) in [5, 5.41) is 16.4. The van der Waals surface area contributed by atoms with Gasteiger partial charge >= 0.3 is 34.1 Å². The molecule has 12 rings (SSSR count). The van der Waals surface area contributed by atoms with Crippen LogP contribution < -0.4 is 37.3 Å². The number of hydrogen-bond acceptors (Lipinski definition) is 17. The topological polar surface area (TPSA) is 311 Å². The Morgan fingerprint density at radius 1 is 0.296 bits per heavy atom. The molecule has 0 saturated carbocycles. The molecule has 21 heteroatoms. The van der Waals surface area contributed by atoms with Crippen molar-refractivity contribution in [3.05, 3.63) is 191 Å². The predicted octanol–water partition coefficient (Wildman–Crippen LogP) is 4.36. The number of nitrogens with zero attached hydrogens (tertiary/aromatic N) is 9. The second-order valence-electron chi connectivity index (χ2n) is 18.5. The molecular weight excluding hydrogens is 1170 g/mol. The number of aryl methyl sites for hydroxylation is 8. The van der Waals surface area contributed by atoms with E-state index in [-0.39, 0.29) is 34.1 Å². The first-order chi connectivity index (χ1) is 37.7. The third kappa shape index (κ3) is 17.5. The van der Waals surface area contributed by atoms with Crippen LogP contribution in [0.2, 0.25) is 0 Å². The average molecular weight is 1220 g/mol. The smallest absolute Gasteiger partial charge is 0.251 e. The van der Waals surface area contributed by atoms with Gasteiger partial charge in [-0.3, -0.25) is 39.9 Å². The van der Waals surface area contributed by atoms with Gasteiger partial charge in [-0.25, -0.2) is 37.3 Å². The summed E-state index contributed by atoms with van der Waals surface area (Å²) in [7, 11) is -9.89. The molecule has 0 amide bonds. The number of rotatable bonds is 8. The van der Waals surface area contributed by atoms with Gasteiger partial charge in [0.1, 0.15) is 0 Å². The number of halogens is 2. The van der Waals surface area contributed by atoms with Crippen LogP contribution in [0.4, 0.5) is 0 Å². The molecule has 0 aliphatic heterocycles. The fraction of sp³-hybridized carbons (Fsp3) is 0.183. The number of nitriles is 1. The zero-order chi connectivity index (χ0) is 56.4. The number of aromatic nitrogens is 8. The zero-order valence-corrected chi connectivity index (χ0v) is 47.6. The summed E-state index contributed by atoms with van der Waals surface area (Å²) >= 11 is 0. The van der Waals surface area contributed by atoms with Crippen molar-refractivity contribution in [2.24, 2.45) is 0 Å². The van der Waals surface area contributed by atoms with Crippen molar-refractivity contribution in [2.75, 3.05) is 0 Å². The minimum Gasteiger partial charge on any atom is -0.251 e. The van der Waals surface area contributed by atoms with Crippen molar-refractivity contribution in [3.63, 3.8) is 0 Å². The van der Waals surface area contributed by atoms with Crippen LogP contribution in [0.5, 0.6) is 0 Å². The van der Waals surface area contributed by atoms with Crippen molar-refractivity contribution in [1.82, 2.24) is 39.9 Å². The van der Waals surface area contributed by atoms with Gasteiger partial charge in [0.25, 0.3) is 0 Å². The van der Waals surface area contributed by atoms with E-state index in [9.17, 15) is 0 Å². The summed E-state index contributed by atoms with van der Waals surface area (Å²) in [6.45, 7) is 9.54. The van der Waals surface area contributed by atoms with Crippen LogP contribution >= 0.6 is 0 Å². The van der Waals surface area contributed by atoms with E-state index in [0.29, 0.717) is 0 Å². The Hall–Kier alpha value is -7.05. The van der Waals surface area contributed by atoms with Gasteiger partial charge in [0, 0.05) is 95.6 Å². The molecule has 17 nitrogen and oxygen atoms in total. The van der Waals surface area contributed by atoms with Gasteiger partial charge in [0.15, 0.2) is 0 Å². The largest absolute Gasteiger partial charge is 1.00 e. The van der Waals surface area contributed by atoms with Gasteiger partial charge in [-0.1, -0.05) is 97.1 Å². The summed E-state index contributed by atoms with van der Waals surface area (Å²) in [5.41, 5.74) is 16.4. The Kier molecular flexibility index (Phi) is 21.9. The Morgan fingerprint density at radius 2 is 0.432 bits per heavy atom. The predicted molar refractivity (Wildman–Crippen MR) is 282 cm³/mol. The van der Waals surface area contributed by atoms with Crippen LogP contribution in [-0.2, 0) is 59.8 Å². The van der Waals surface area contributed by atoms with Crippen LogP contribution in [0, 0.1) is 59.5 Å². The molecule has 0 fully saturated rings. The van der Waals surface area contributed by atoms with Crippen LogP contribution in [0.3, 0.4) is 0 Å². The minimum absolute atomic E-state index is 0. The molecule has 0 N–H and O–H groups in total. The Morgan fingerprint density at radius 3 is 0.605 bits per heavy atom. The molecule has 8 aromatic heterocycles. The number of hydrogen-bond donors (Lipinski definition) is 0. The van der Waals surface area contributed by atoms with Gasteiger partial charge in [-0.15, -0.1) is 20.5 Å². The SMILES string of the molecule is CC#N.Cc1ccc2ccc3ccc(CCCc4ccc5ccc6ccc(C)nc6c5n4)nc3c2n1.Cc1ccc2ccc3ccc(CCCc4ccc5ccc6ccc(C)nc6c5n4)nc3c2n1.[Cu+].[Cu+].[O-][Cl+3]([O-])([O-])[O-].[O-][Cl+3]([O-])([O-])[O-]. The van der Waals surface area contributed by atoms with E-state index < -0.39 is 20.5 Å². The second-order valence-corrected chi connectivity index (χ2v) is 20.1. The first-order valence-electron chi connectivity index (χ1n) is 24.9. The van der Waals surface area contributed by atoms with Crippen LogP contribution in [0.25, 0.3) is 87.2 Å². The van der Waals surface area contributed by atoms with Crippen molar-refractivity contribution >= 4 is 87.2 Å². The zero-order valence-electron chi connectivity index (χ0n) is 44.2. The molecule has 81 heavy (non-hydrogen) atoms. The third-order valence-electron chi connectivity index (χ3n) is 12.6. The second kappa shape index (κ2) is 28.1. The molecule has 12 aromatic rings. The summed E-state index contributed by atoms with van der Waals surface area (Å²) < 4.78 is 67.9. The van der Waals surface area contributed by atoms with E-state index >= 15 is 0 Å². The standard InChI is InChI=1S/2C29H24N4.C2H3N.2ClHO4.2Cu/c2*1-18-6-8-20-10-12-22-14-16-24(32-28(22)26(20)30-18)4-3-5-25-17-15-23-13-11-21-9-7-19(2)31-27(21)29(23)33-25;1-2-3;2*2-1(3,4)5;;/h2*6-17H,3-5H2,1-2H3;1H3;2*(H,2,3,4,5);;/q;;;;;2*+1/p-2. The van der Waals surface area contributed by atoms with E-state index in [2.05, 4.69) is 146 Å². The van der Waals surface area contributed by atoms with Crippen molar-refractivity contribution < 1.29 is 91.9 Å². The first kappa shape index (κ1) is 63.1. The number of fused-ring (bicyclic) bond motifs is 12. The molecule has 0 unspecified atom stereocenters. The van der Waals surface area contributed by atoms with Gasteiger partial charge in [-0.2, -0.15) is 5.26 Å². The Bertz CT molecular complexity index is 3700. The van der Waals surface area contributed by atoms with E-state index in [0.717, 1.165) is 171 Å². The average Bonchev–Trinajstić information content (AvgIpc) is 3.47. The van der Waals surface area contributed by atoms with E-state index in [4.69, 9.17) is 82.4 Å². The Labute approximate surface area is 491 Å². The van der Waals surface area contributed by atoms with E-state index in [1.807, 2.05) is 27.7 Å². The molecular formula is C60H51Cl2Cu2N9O8. The molecule has 0 aliphatic carbocycles. The molecule has 0 bridgehead atoms. The van der Waals surface area contributed by atoms with Gasteiger partial charge < -0.3 is 0 Å². The maximum atomic E-state index is 8.49. The Balaban J connectivity index is 0.000000211. The fourth-order valence-electron chi connectivity index (χ4n) is 9.08.